The van der Waals surface area contributed by atoms with Gasteiger partial charge in [0.1, 0.15) is 6.54 Å². The molecule has 0 spiro atoms. The number of nitrogens with zero attached hydrogens (tertiary/aromatic N) is 3. The average molecular weight is 210 g/mol. The summed E-state index contributed by atoms with van der Waals surface area (Å²) in [6.07, 6.45) is 1.75. The first-order valence-electron chi connectivity index (χ1n) is 4.25. The lowest BCUT2D eigenvalue weighted by atomic mass is 10.4. The van der Waals surface area contributed by atoms with E-state index in [1.54, 1.807) is 6.19 Å². The third kappa shape index (κ3) is 2.67. The number of hydrogen-bond acceptors (Lipinski definition) is 6. The predicted octanol–water partition coefficient (Wildman–Crippen LogP) is -1.18. The molecule has 0 aromatic heterocycles. The highest BCUT2D eigenvalue weighted by Crippen LogP contribution is 2.02. The van der Waals surface area contributed by atoms with Gasteiger partial charge >= 0.3 is 5.97 Å². The van der Waals surface area contributed by atoms with Gasteiger partial charge in [0, 0.05) is 6.54 Å². The number of rotatable bonds is 3. The minimum atomic E-state index is -0.411. The molecule has 1 aliphatic rings. The summed E-state index contributed by atoms with van der Waals surface area (Å²) in [6, 6.07) is 0. The summed E-state index contributed by atoms with van der Waals surface area (Å²) in [6.45, 7) is 0.171. The van der Waals surface area contributed by atoms with Gasteiger partial charge in [-0.3, -0.25) is 19.8 Å². The Labute approximate surface area is 86.3 Å². The fraction of sp³-hybridized carbons (Fsp3) is 0.500. The van der Waals surface area contributed by atoms with Crippen molar-refractivity contribution in [3.8, 4) is 6.19 Å². The zero-order valence-electron chi connectivity index (χ0n) is 8.19. The zero-order valence-corrected chi connectivity index (χ0v) is 8.19. The van der Waals surface area contributed by atoms with Gasteiger partial charge in [0.15, 0.2) is 6.19 Å². The number of nitriles is 1. The number of nitrogens with one attached hydrogen (secondary N) is 1. The molecule has 15 heavy (non-hydrogen) atoms. The number of carbonyl (C=O) groups excluding carboxylic acids is 2. The lowest BCUT2D eigenvalue weighted by Crippen LogP contribution is -2.40. The summed E-state index contributed by atoms with van der Waals surface area (Å²) in [5.41, 5.74) is 0. The molecule has 1 rings (SSSR count). The maximum Gasteiger partial charge on any atom is 0.307 e. The van der Waals surface area contributed by atoms with Gasteiger partial charge in [0.25, 0.3) is 5.91 Å². The van der Waals surface area contributed by atoms with Crippen LogP contribution in [0.2, 0.25) is 0 Å². The SMILES string of the molecule is COC(=O)CCN1C(=O)CN=C1NC#N. The van der Waals surface area contributed by atoms with Gasteiger partial charge in [-0.2, -0.15) is 5.26 Å². The smallest absolute Gasteiger partial charge is 0.307 e. The van der Waals surface area contributed by atoms with Gasteiger partial charge in [0.05, 0.1) is 13.5 Å². The molecule has 0 aliphatic carbocycles. The van der Waals surface area contributed by atoms with Crippen LogP contribution in [-0.2, 0) is 14.3 Å². The number of aliphatic imine (C=N–C) groups is 1. The van der Waals surface area contributed by atoms with E-state index < -0.39 is 5.97 Å². The van der Waals surface area contributed by atoms with E-state index in [1.165, 1.54) is 12.0 Å². The quantitative estimate of drug-likeness (QED) is 0.359. The van der Waals surface area contributed by atoms with E-state index in [9.17, 15) is 9.59 Å². The van der Waals surface area contributed by atoms with E-state index in [1.807, 2.05) is 0 Å². The summed E-state index contributed by atoms with van der Waals surface area (Å²) >= 11 is 0. The average Bonchev–Trinajstić information content (AvgIpc) is 2.57. The van der Waals surface area contributed by atoms with Crippen LogP contribution in [0.15, 0.2) is 4.99 Å². The number of esters is 1. The van der Waals surface area contributed by atoms with E-state index in [4.69, 9.17) is 5.26 Å². The predicted molar refractivity (Wildman–Crippen MR) is 49.4 cm³/mol. The fourth-order valence-corrected chi connectivity index (χ4v) is 1.12. The first kappa shape index (κ1) is 11.0. The summed E-state index contributed by atoms with van der Waals surface area (Å²) in [5, 5.41) is 10.7. The Morgan fingerprint density at radius 2 is 2.53 bits per heavy atom. The first-order valence-corrected chi connectivity index (χ1v) is 4.25. The Morgan fingerprint density at radius 1 is 1.80 bits per heavy atom. The van der Waals surface area contributed by atoms with Crippen LogP contribution in [0, 0.1) is 11.5 Å². The monoisotopic (exact) mass is 210 g/mol. The number of amides is 1. The van der Waals surface area contributed by atoms with E-state index in [-0.39, 0.29) is 31.4 Å². The molecule has 7 heteroatoms. The highest BCUT2D eigenvalue weighted by Gasteiger charge is 2.25. The van der Waals surface area contributed by atoms with Crippen molar-refractivity contribution in [2.75, 3.05) is 20.2 Å². The van der Waals surface area contributed by atoms with Crippen LogP contribution in [0.25, 0.3) is 0 Å². The van der Waals surface area contributed by atoms with Gasteiger partial charge in [-0.25, -0.2) is 4.99 Å². The van der Waals surface area contributed by atoms with Gasteiger partial charge in [-0.05, 0) is 0 Å². The second-order valence-corrected chi connectivity index (χ2v) is 2.75. The van der Waals surface area contributed by atoms with Crippen LogP contribution in [0.1, 0.15) is 6.42 Å². The van der Waals surface area contributed by atoms with Gasteiger partial charge < -0.3 is 4.74 Å². The normalized spacial score (nSPS) is 14.5. The van der Waals surface area contributed by atoms with Crippen molar-refractivity contribution < 1.29 is 14.3 Å². The van der Waals surface area contributed by atoms with Crippen LogP contribution < -0.4 is 5.32 Å². The Kier molecular flexibility index (Phi) is 3.62. The minimum Gasteiger partial charge on any atom is -0.469 e. The van der Waals surface area contributed by atoms with Crippen molar-refractivity contribution in [2.45, 2.75) is 6.42 Å². The topological polar surface area (TPSA) is 94.8 Å². The van der Waals surface area contributed by atoms with Crippen molar-refractivity contribution in [2.24, 2.45) is 4.99 Å². The highest BCUT2D eigenvalue weighted by atomic mass is 16.5. The molecule has 0 fully saturated rings. The van der Waals surface area contributed by atoms with E-state index in [0.717, 1.165) is 0 Å². The Hall–Kier alpha value is -2.10. The Balaban J connectivity index is 2.52. The minimum absolute atomic E-state index is 0.00514. The molecule has 0 atom stereocenters. The second-order valence-electron chi connectivity index (χ2n) is 2.75. The molecule has 0 saturated heterocycles. The highest BCUT2D eigenvalue weighted by molar-refractivity contribution is 6.03. The molecule has 80 valence electrons. The van der Waals surface area contributed by atoms with Gasteiger partial charge in [-0.1, -0.05) is 0 Å². The summed E-state index contributed by atoms with van der Waals surface area (Å²) in [7, 11) is 1.27. The third-order valence-electron chi connectivity index (χ3n) is 1.86. The molecular formula is C8H10N4O3. The Bertz CT molecular complexity index is 344. The van der Waals surface area contributed by atoms with Crippen LogP contribution >= 0.6 is 0 Å². The number of hydrogen-bond donors (Lipinski definition) is 1. The molecule has 1 heterocycles. The summed E-state index contributed by atoms with van der Waals surface area (Å²) in [5.74, 6) is -0.464. The standard InChI is InChI=1S/C8H10N4O3/c1-15-7(14)2-3-12-6(13)4-10-8(12)11-5-9/h2-4H2,1H3,(H,10,11). The van der Waals surface area contributed by atoms with Crippen molar-refractivity contribution in [3.05, 3.63) is 0 Å². The molecule has 1 amide bonds. The van der Waals surface area contributed by atoms with Crippen molar-refractivity contribution in [1.82, 2.24) is 10.2 Å². The fourth-order valence-electron chi connectivity index (χ4n) is 1.12. The van der Waals surface area contributed by atoms with Crippen LogP contribution in [-0.4, -0.2) is 42.9 Å². The molecule has 0 aromatic rings. The summed E-state index contributed by atoms with van der Waals surface area (Å²) in [4.78, 5) is 27.2. The maximum absolute atomic E-state index is 11.3. The molecule has 0 unspecified atom stereocenters. The van der Waals surface area contributed by atoms with Crippen LogP contribution in [0.4, 0.5) is 0 Å². The second kappa shape index (κ2) is 4.95. The van der Waals surface area contributed by atoms with E-state index in [2.05, 4.69) is 15.0 Å². The lowest BCUT2D eigenvalue weighted by molar-refractivity contribution is -0.141. The zero-order chi connectivity index (χ0) is 11.3. The largest absolute Gasteiger partial charge is 0.469 e. The number of guanidine groups is 1. The molecular weight excluding hydrogens is 200 g/mol. The molecule has 1 N–H and O–H groups in total. The van der Waals surface area contributed by atoms with E-state index >= 15 is 0 Å². The van der Waals surface area contributed by atoms with Gasteiger partial charge in [-0.15, -0.1) is 0 Å². The van der Waals surface area contributed by atoms with Crippen LogP contribution in [0.5, 0.6) is 0 Å². The summed E-state index contributed by atoms with van der Waals surface area (Å²) < 4.78 is 4.44. The number of ether oxygens (including phenoxy) is 1. The van der Waals surface area contributed by atoms with Crippen molar-refractivity contribution >= 4 is 17.8 Å². The van der Waals surface area contributed by atoms with E-state index in [0.29, 0.717) is 0 Å². The molecule has 0 radical (unpaired) electrons. The lowest BCUT2D eigenvalue weighted by Gasteiger charge is -2.15. The number of methoxy groups -OCH3 is 1. The molecule has 7 nitrogen and oxygen atoms in total. The Morgan fingerprint density at radius 3 is 3.13 bits per heavy atom. The molecule has 1 aliphatic heterocycles. The first-order chi connectivity index (χ1) is 7.19. The van der Waals surface area contributed by atoms with Crippen LogP contribution in [0.3, 0.4) is 0 Å². The molecule has 0 aromatic carbocycles. The van der Waals surface area contributed by atoms with Crippen molar-refractivity contribution in [3.63, 3.8) is 0 Å². The third-order valence-corrected chi connectivity index (χ3v) is 1.86. The van der Waals surface area contributed by atoms with Gasteiger partial charge in [0.2, 0.25) is 5.96 Å². The maximum atomic E-state index is 11.3. The number of carbonyl (C=O) groups is 2. The molecule has 0 saturated carbocycles. The van der Waals surface area contributed by atoms with Crippen molar-refractivity contribution in [1.29, 1.82) is 5.26 Å². The molecule has 0 bridgehead atoms.